The fraction of sp³-hybridized carbons (Fsp3) is 0.421. The highest BCUT2D eigenvalue weighted by molar-refractivity contribution is 5.92. The van der Waals surface area contributed by atoms with Gasteiger partial charge in [-0.05, 0) is 39.3 Å². The molecule has 148 valence electrons. The number of benzene rings is 1. The van der Waals surface area contributed by atoms with Crippen LogP contribution >= 0.6 is 0 Å². The van der Waals surface area contributed by atoms with E-state index in [0.29, 0.717) is 0 Å². The summed E-state index contributed by atoms with van der Waals surface area (Å²) in [5.41, 5.74) is -0.0311. The van der Waals surface area contributed by atoms with Crippen LogP contribution in [-0.2, 0) is 25.6 Å². The fourth-order valence-corrected chi connectivity index (χ4v) is 1.93. The first-order chi connectivity index (χ1) is 12.6. The molecule has 0 spiro atoms. The van der Waals surface area contributed by atoms with E-state index in [4.69, 9.17) is 9.47 Å². The largest absolute Gasteiger partial charge is 0.464 e. The molecule has 0 heterocycles. The number of carbonyl (C=O) groups excluding carboxylic acids is 3. The molecular weight excluding hydrogens is 352 g/mol. The van der Waals surface area contributed by atoms with E-state index in [0.717, 1.165) is 5.56 Å². The third-order valence-electron chi connectivity index (χ3n) is 3.02. The second kappa shape index (κ2) is 10.2. The third kappa shape index (κ3) is 9.29. The van der Waals surface area contributed by atoms with E-state index in [9.17, 15) is 14.4 Å². The van der Waals surface area contributed by atoms with Gasteiger partial charge < -0.3 is 19.5 Å². The van der Waals surface area contributed by atoms with E-state index in [2.05, 4.69) is 15.4 Å². The smallest absolute Gasteiger partial charge is 0.412 e. The van der Waals surface area contributed by atoms with E-state index in [1.807, 2.05) is 30.3 Å². The molecule has 0 aliphatic rings. The van der Waals surface area contributed by atoms with Gasteiger partial charge in [-0.25, -0.2) is 14.4 Å². The average Bonchev–Trinajstić information content (AvgIpc) is 2.57. The van der Waals surface area contributed by atoms with E-state index in [1.165, 1.54) is 13.2 Å². The van der Waals surface area contributed by atoms with E-state index >= 15 is 0 Å². The molecule has 0 saturated carbocycles. The summed E-state index contributed by atoms with van der Waals surface area (Å²) in [4.78, 5) is 35.6. The number of rotatable bonds is 6. The van der Waals surface area contributed by atoms with Crippen LogP contribution in [0.2, 0.25) is 0 Å². The van der Waals surface area contributed by atoms with Gasteiger partial charge in [0, 0.05) is 0 Å². The van der Waals surface area contributed by atoms with Crippen molar-refractivity contribution in [3.05, 3.63) is 47.7 Å². The summed E-state index contributed by atoms with van der Waals surface area (Å²) in [7, 11) is 1.18. The molecule has 8 heteroatoms. The van der Waals surface area contributed by atoms with Crippen LogP contribution in [0.5, 0.6) is 0 Å². The molecule has 1 aromatic rings. The SMILES string of the molecule is COC(=O)/C(=C/[C@@H](C)NC(=O)OCc1ccccc1)NC(=O)OC(C)(C)C. The number of hydrogen-bond donors (Lipinski definition) is 2. The first kappa shape index (κ1) is 22.0. The Balaban J connectivity index is 2.65. The molecule has 0 unspecified atom stereocenters. The summed E-state index contributed by atoms with van der Waals surface area (Å²) in [6, 6.07) is 8.59. The average molecular weight is 378 g/mol. The topological polar surface area (TPSA) is 103 Å². The molecule has 27 heavy (non-hydrogen) atoms. The van der Waals surface area contributed by atoms with Crippen LogP contribution in [0.25, 0.3) is 0 Å². The van der Waals surface area contributed by atoms with Crippen LogP contribution in [0, 0.1) is 0 Å². The minimum atomic E-state index is -0.807. The number of carbonyl (C=O) groups is 3. The molecule has 8 nitrogen and oxygen atoms in total. The molecule has 0 radical (unpaired) electrons. The van der Waals surface area contributed by atoms with Crippen LogP contribution in [0.3, 0.4) is 0 Å². The number of methoxy groups -OCH3 is 1. The van der Waals surface area contributed by atoms with Crippen molar-refractivity contribution < 1.29 is 28.6 Å². The maximum absolute atomic E-state index is 11.9. The highest BCUT2D eigenvalue weighted by atomic mass is 16.6. The Hall–Kier alpha value is -3.03. The van der Waals surface area contributed by atoms with Crippen molar-refractivity contribution in [3.8, 4) is 0 Å². The van der Waals surface area contributed by atoms with Crippen LogP contribution in [0.1, 0.15) is 33.3 Å². The van der Waals surface area contributed by atoms with Gasteiger partial charge in [0.15, 0.2) is 0 Å². The van der Waals surface area contributed by atoms with Crippen molar-refractivity contribution in [1.29, 1.82) is 0 Å². The Morgan fingerprint density at radius 2 is 1.74 bits per heavy atom. The maximum atomic E-state index is 11.9. The predicted octanol–water partition coefficient (Wildman–Crippen LogP) is 2.88. The zero-order chi connectivity index (χ0) is 20.4. The van der Waals surface area contributed by atoms with Crippen molar-refractivity contribution in [2.45, 2.75) is 45.9 Å². The Morgan fingerprint density at radius 3 is 2.30 bits per heavy atom. The van der Waals surface area contributed by atoms with E-state index in [-0.39, 0.29) is 12.3 Å². The predicted molar refractivity (Wildman–Crippen MR) is 98.7 cm³/mol. The van der Waals surface area contributed by atoms with Crippen molar-refractivity contribution in [2.24, 2.45) is 0 Å². The van der Waals surface area contributed by atoms with Crippen LogP contribution < -0.4 is 10.6 Å². The van der Waals surface area contributed by atoms with Gasteiger partial charge >= 0.3 is 18.2 Å². The van der Waals surface area contributed by atoms with Gasteiger partial charge in [0.25, 0.3) is 0 Å². The molecule has 2 amide bonds. The lowest BCUT2D eigenvalue weighted by Gasteiger charge is -2.20. The summed E-state index contributed by atoms with van der Waals surface area (Å²) in [6.07, 6.45) is -0.137. The molecule has 0 saturated heterocycles. The second-order valence-corrected chi connectivity index (χ2v) is 6.69. The first-order valence-electron chi connectivity index (χ1n) is 8.38. The maximum Gasteiger partial charge on any atom is 0.412 e. The van der Waals surface area contributed by atoms with E-state index < -0.39 is 29.8 Å². The van der Waals surface area contributed by atoms with Crippen molar-refractivity contribution in [1.82, 2.24) is 10.6 Å². The van der Waals surface area contributed by atoms with Crippen LogP contribution in [0.4, 0.5) is 9.59 Å². The number of nitrogens with one attached hydrogen (secondary N) is 2. The summed E-state index contributed by atoms with van der Waals surface area (Å²) >= 11 is 0. The molecule has 0 bridgehead atoms. The highest BCUT2D eigenvalue weighted by Crippen LogP contribution is 2.08. The normalized spacial score (nSPS) is 12.6. The van der Waals surface area contributed by atoms with Gasteiger partial charge in [0.2, 0.25) is 0 Å². The lowest BCUT2D eigenvalue weighted by molar-refractivity contribution is -0.136. The fourth-order valence-electron chi connectivity index (χ4n) is 1.93. The van der Waals surface area contributed by atoms with Gasteiger partial charge in [0.05, 0.1) is 13.2 Å². The number of amides is 2. The Bertz CT molecular complexity index is 679. The van der Waals surface area contributed by atoms with Crippen LogP contribution in [-0.4, -0.2) is 36.9 Å². The number of hydrogen-bond acceptors (Lipinski definition) is 6. The minimum absolute atomic E-state index is 0.114. The molecule has 0 aliphatic heterocycles. The summed E-state index contributed by atoms with van der Waals surface area (Å²) in [5.74, 6) is -0.771. The summed E-state index contributed by atoms with van der Waals surface area (Å²) in [6.45, 7) is 6.82. The Kier molecular flexibility index (Phi) is 8.32. The molecule has 1 atom stereocenters. The van der Waals surface area contributed by atoms with Crippen molar-refractivity contribution in [3.63, 3.8) is 0 Å². The van der Waals surface area contributed by atoms with Gasteiger partial charge in [-0.2, -0.15) is 0 Å². The minimum Gasteiger partial charge on any atom is -0.464 e. The Labute approximate surface area is 158 Å². The first-order valence-corrected chi connectivity index (χ1v) is 8.38. The molecule has 0 aromatic heterocycles. The lowest BCUT2D eigenvalue weighted by Crippen LogP contribution is -2.37. The van der Waals surface area contributed by atoms with Gasteiger partial charge in [-0.15, -0.1) is 0 Å². The summed E-state index contributed by atoms with van der Waals surface area (Å²) < 4.78 is 14.8. The zero-order valence-electron chi connectivity index (χ0n) is 16.2. The lowest BCUT2D eigenvalue weighted by atomic mass is 10.2. The van der Waals surface area contributed by atoms with Crippen molar-refractivity contribution in [2.75, 3.05) is 7.11 Å². The molecular formula is C19H26N2O6. The molecule has 1 rings (SSSR count). The van der Waals surface area contributed by atoms with Gasteiger partial charge in [0.1, 0.15) is 17.9 Å². The number of esters is 1. The molecule has 1 aromatic carbocycles. The number of alkyl carbamates (subject to hydrolysis) is 2. The van der Waals surface area contributed by atoms with Crippen LogP contribution in [0.15, 0.2) is 42.1 Å². The van der Waals surface area contributed by atoms with Gasteiger partial charge in [-0.1, -0.05) is 30.3 Å². The highest BCUT2D eigenvalue weighted by Gasteiger charge is 2.21. The number of ether oxygens (including phenoxy) is 3. The standard InChI is InChI=1S/C19H26N2O6/c1-13(20-17(23)26-12-14-9-7-6-8-10-14)11-15(16(22)25-5)21-18(24)27-19(2,3)4/h6-11,13H,12H2,1-5H3,(H,20,23)(H,21,24)/b15-11-/t13-/m1/s1. The molecule has 0 fully saturated rings. The second-order valence-electron chi connectivity index (χ2n) is 6.69. The molecule has 2 N–H and O–H groups in total. The zero-order valence-corrected chi connectivity index (χ0v) is 16.2. The summed E-state index contributed by atoms with van der Waals surface area (Å²) in [5, 5.41) is 4.86. The monoisotopic (exact) mass is 378 g/mol. The molecule has 0 aliphatic carbocycles. The third-order valence-corrected chi connectivity index (χ3v) is 3.02. The Morgan fingerprint density at radius 1 is 1.11 bits per heavy atom. The van der Waals surface area contributed by atoms with E-state index in [1.54, 1.807) is 27.7 Å². The quantitative estimate of drug-likeness (QED) is 0.448. The van der Waals surface area contributed by atoms with Gasteiger partial charge in [-0.3, -0.25) is 5.32 Å². The van der Waals surface area contributed by atoms with Crippen molar-refractivity contribution >= 4 is 18.2 Å².